The van der Waals surface area contributed by atoms with Gasteiger partial charge in [0.15, 0.2) is 0 Å². The van der Waals surface area contributed by atoms with Crippen LogP contribution < -0.4 is 15.1 Å². The van der Waals surface area contributed by atoms with Gasteiger partial charge in [-0.2, -0.15) is 0 Å². The van der Waals surface area contributed by atoms with Crippen LogP contribution in [0, 0.1) is 5.92 Å². The van der Waals surface area contributed by atoms with Crippen molar-refractivity contribution in [3.05, 3.63) is 42.2 Å². The van der Waals surface area contributed by atoms with Crippen molar-refractivity contribution >= 4 is 29.1 Å². The molecule has 0 spiro atoms. The van der Waals surface area contributed by atoms with Crippen molar-refractivity contribution in [2.75, 3.05) is 67.6 Å². The van der Waals surface area contributed by atoms with Crippen LogP contribution in [-0.4, -0.2) is 79.2 Å². The van der Waals surface area contributed by atoms with Crippen LogP contribution in [0.15, 0.2) is 36.7 Å². The summed E-state index contributed by atoms with van der Waals surface area (Å²) in [5.74, 6) is 1.96. The Morgan fingerprint density at radius 1 is 1.12 bits per heavy atom. The summed E-state index contributed by atoms with van der Waals surface area (Å²) in [6.45, 7) is 5.04. The van der Waals surface area contributed by atoms with E-state index in [1.807, 2.05) is 29.2 Å². The fourth-order valence-corrected chi connectivity index (χ4v) is 4.55. The van der Waals surface area contributed by atoms with Crippen LogP contribution in [0.25, 0.3) is 0 Å². The first-order valence-electron chi connectivity index (χ1n) is 11.3. The molecule has 0 bridgehead atoms. The summed E-state index contributed by atoms with van der Waals surface area (Å²) < 4.78 is 5.45. The number of carbonyl (C=O) groups excluding carboxylic acids is 2. The number of pyridine rings is 2. The number of carbonyl (C=O) groups is 2. The smallest absolute Gasteiger partial charge is 0.255 e. The largest absolute Gasteiger partial charge is 0.381 e. The van der Waals surface area contributed by atoms with Gasteiger partial charge in [-0.05, 0) is 37.0 Å². The lowest BCUT2D eigenvalue weighted by molar-refractivity contribution is -0.117. The second-order valence-electron chi connectivity index (χ2n) is 8.47. The van der Waals surface area contributed by atoms with E-state index in [4.69, 9.17) is 4.74 Å². The average Bonchev–Trinajstić information content (AvgIpc) is 2.86. The zero-order chi connectivity index (χ0) is 21.9. The van der Waals surface area contributed by atoms with Gasteiger partial charge in [0.2, 0.25) is 5.91 Å². The fourth-order valence-electron chi connectivity index (χ4n) is 4.55. The van der Waals surface area contributed by atoms with E-state index in [0.29, 0.717) is 42.6 Å². The number of amides is 2. The highest BCUT2D eigenvalue weighted by molar-refractivity contribution is 6.04. The molecule has 9 heteroatoms. The van der Waals surface area contributed by atoms with Crippen molar-refractivity contribution in [2.45, 2.75) is 12.8 Å². The maximum absolute atomic E-state index is 13.2. The number of hydrogen-bond donors (Lipinski definition) is 1. The van der Waals surface area contributed by atoms with E-state index >= 15 is 0 Å². The van der Waals surface area contributed by atoms with Crippen molar-refractivity contribution in [2.24, 2.45) is 5.92 Å². The van der Waals surface area contributed by atoms with Crippen LogP contribution in [0.2, 0.25) is 0 Å². The molecule has 2 saturated heterocycles. The van der Waals surface area contributed by atoms with Crippen LogP contribution in [0.3, 0.4) is 0 Å². The Morgan fingerprint density at radius 2 is 1.94 bits per heavy atom. The van der Waals surface area contributed by atoms with Crippen molar-refractivity contribution in [3.8, 4) is 0 Å². The number of piperazine rings is 1. The molecule has 3 aliphatic heterocycles. The molecule has 0 aromatic carbocycles. The van der Waals surface area contributed by atoms with E-state index in [-0.39, 0.29) is 18.4 Å². The highest BCUT2D eigenvalue weighted by Crippen LogP contribution is 2.31. The molecule has 9 nitrogen and oxygen atoms in total. The topological polar surface area (TPSA) is 90.9 Å². The number of ether oxygens (including phenoxy) is 1. The van der Waals surface area contributed by atoms with E-state index in [2.05, 4.69) is 20.2 Å². The summed E-state index contributed by atoms with van der Waals surface area (Å²) in [6.07, 6.45) is 5.28. The third kappa shape index (κ3) is 4.25. The molecule has 0 unspecified atom stereocenters. The highest BCUT2D eigenvalue weighted by atomic mass is 16.5. The minimum atomic E-state index is -0.0509. The van der Waals surface area contributed by atoms with E-state index < -0.39 is 0 Å². The third-order valence-corrected chi connectivity index (χ3v) is 6.44. The quantitative estimate of drug-likeness (QED) is 0.779. The lowest BCUT2D eigenvalue weighted by Gasteiger charge is -2.36. The molecule has 1 N–H and O–H groups in total. The maximum Gasteiger partial charge on any atom is 0.255 e. The Labute approximate surface area is 187 Å². The minimum absolute atomic E-state index is 0.0133. The SMILES string of the molecule is O=C(c1cnc2c(c1)N(CC1CCOCC1)C(=O)CN2)N1CCN(c2ccccn2)CC1. The summed E-state index contributed by atoms with van der Waals surface area (Å²) >= 11 is 0. The molecule has 2 amide bonds. The molecule has 168 valence electrons. The lowest BCUT2D eigenvalue weighted by atomic mass is 9.99. The number of hydrogen-bond acceptors (Lipinski definition) is 7. The second kappa shape index (κ2) is 9.12. The Hall–Kier alpha value is -3.20. The molecule has 5 rings (SSSR count). The first-order valence-corrected chi connectivity index (χ1v) is 11.3. The zero-order valence-corrected chi connectivity index (χ0v) is 18.1. The standard InChI is InChI=1S/C23H28N6O3/c30-21-15-26-22-19(29(21)16-17-4-11-32-12-5-17)13-18(14-25-22)23(31)28-9-7-27(8-10-28)20-3-1-2-6-24-20/h1-3,6,13-14,17H,4-5,7-12,15-16H2,(H,25,26). The van der Waals surface area contributed by atoms with Gasteiger partial charge in [-0.3, -0.25) is 9.59 Å². The van der Waals surface area contributed by atoms with Gasteiger partial charge < -0.3 is 24.8 Å². The number of rotatable bonds is 4. The molecular weight excluding hydrogens is 408 g/mol. The molecule has 0 saturated carbocycles. The van der Waals surface area contributed by atoms with Gasteiger partial charge in [-0.15, -0.1) is 0 Å². The maximum atomic E-state index is 13.2. The number of nitrogens with one attached hydrogen (secondary N) is 1. The second-order valence-corrected chi connectivity index (χ2v) is 8.47. The number of nitrogens with zero attached hydrogens (tertiary/aromatic N) is 5. The van der Waals surface area contributed by atoms with Crippen LogP contribution in [-0.2, 0) is 9.53 Å². The first-order chi connectivity index (χ1) is 15.7. The number of fused-ring (bicyclic) bond motifs is 1. The zero-order valence-electron chi connectivity index (χ0n) is 18.1. The summed E-state index contributed by atoms with van der Waals surface area (Å²) in [4.78, 5) is 40.6. The monoisotopic (exact) mass is 436 g/mol. The molecule has 5 heterocycles. The van der Waals surface area contributed by atoms with Gasteiger partial charge >= 0.3 is 0 Å². The molecule has 3 aliphatic rings. The van der Waals surface area contributed by atoms with Gasteiger partial charge in [0, 0.05) is 58.3 Å². The molecular formula is C23H28N6O3. The Bertz CT molecular complexity index is 971. The van der Waals surface area contributed by atoms with E-state index in [1.165, 1.54) is 0 Å². The Balaban J connectivity index is 1.29. The fraction of sp³-hybridized carbons (Fsp3) is 0.478. The van der Waals surface area contributed by atoms with Crippen LogP contribution in [0.5, 0.6) is 0 Å². The highest BCUT2D eigenvalue weighted by Gasteiger charge is 2.30. The van der Waals surface area contributed by atoms with Crippen molar-refractivity contribution in [3.63, 3.8) is 0 Å². The summed E-state index contributed by atoms with van der Waals surface area (Å²) in [5.41, 5.74) is 1.22. The van der Waals surface area contributed by atoms with Gasteiger partial charge in [0.1, 0.15) is 11.6 Å². The van der Waals surface area contributed by atoms with Gasteiger partial charge in [0.05, 0.1) is 17.8 Å². The van der Waals surface area contributed by atoms with Crippen molar-refractivity contribution in [1.82, 2.24) is 14.9 Å². The predicted molar refractivity (Wildman–Crippen MR) is 121 cm³/mol. The molecule has 0 atom stereocenters. The van der Waals surface area contributed by atoms with E-state index in [9.17, 15) is 9.59 Å². The molecule has 2 aromatic heterocycles. The van der Waals surface area contributed by atoms with Crippen LogP contribution in [0.1, 0.15) is 23.2 Å². The summed E-state index contributed by atoms with van der Waals surface area (Å²) in [7, 11) is 0. The van der Waals surface area contributed by atoms with Gasteiger partial charge in [-0.25, -0.2) is 9.97 Å². The van der Waals surface area contributed by atoms with Crippen molar-refractivity contribution in [1.29, 1.82) is 0 Å². The molecule has 2 fully saturated rings. The Morgan fingerprint density at radius 3 is 2.69 bits per heavy atom. The Kier molecular flexibility index (Phi) is 5.89. The number of aromatic nitrogens is 2. The van der Waals surface area contributed by atoms with Crippen LogP contribution in [0.4, 0.5) is 17.3 Å². The first kappa shape index (κ1) is 20.7. The van der Waals surface area contributed by atoms with Gasteiger partial charge in [-0.1, -0.05) is 6.07 Å². The molecule has 2 aromatic rings. The van der Waals surface area contributed by atoms with E-state index in [1.54, 1.807) is 17.3 Å². The van der Waals surface area contributed by atoms with Gasteiger partial charge in [0.25, 0.3) is 5.91 Å². The lowest BCUT2D eigenvalue weighted by Crippen LogP contribution is -2.49. The number of anilines is 3. The predicted octanol–water partition coefficient (Wildman–Crippen LogP) is 1.62. The summed E-state index contributed by atoms with van der Waals surface area (Å²) in [6, 6.07) is 7.68. The molecule has 32 heavy (non-hydrogen) atoms. The molecule has 0 aliphatic carbocycles. The normalized spacial score (nSPS) is 19.5. The third-order valence-electron chi connectivity index (χ3n) is 6.44. The van der Waals surface area contributed by atoms with E-state index in [0.717, 1.165) is 45.0 Å². The average molecular weight is 437 g/mol. The molecule has 0 radical (unpaired) electrons. The van der Waals surface area contributed by atoms with Crippen molar-refractivity contribution < 1.29 is 14.3 Å². The minimum Gasteiger partial charge on any atom is -0.381 e. The van der Waals surface area contributed by atoms with Crippen LogP contribution >= 0.6 is 0 Å². The summed E-state index contributed by atoms with van der Waals surface area (Å²) in [5, 5.41) is 3.08.